The number of rotatable bonds is 5. The molecule has 36 heavy (non-hydrogen) atoms. The molecular weight excluding hydrogens is 597 g/mol. The summed E-state index contributed by atoms with van der Waals surface area (Å²) in [5.74, 6) is -1.10. The summed E-state index contributed by atoms with van der Waals surface area (Å²) >= 11 is 9.05. The molecule has 8 nitrogen and oxygen atoms in total. The Morgan fingerprint density at radius 1 is 1.08 bits per heavy atom. The number of carbonyl (C=O) groups is 1. The van der Waals surface area contributed by atoms with Gasteiger partial charge in [0.2, 0.25) is 15.7 Å². The van der Waals surface area contributed by atoms with Gasteiger partial charge in [-0.2, -0.15) is 0 Å². The second-order valence-corrected chi connectivity index (χ2v) is 13.1. The minimum absolute atomic E-state index is 0.0379. The first-order valence-corrected chi connectivity index (χ1v) is 15.1. The quantitative estimate of drug-likeness (QED) is 0.428. The molecule has 13 heteroatoms. The first kappa shape index (κ1) is 26.7. The fraction of sp³-hybridized carbons (Fsp3) is 0.217. The molecule has 1 aromatic heterocycles. The number of aromatic nitrogens is 1. The molecule has 0 spiro atoms. The Morgan fingerprint density at radius 3 is 2.36 bits per heavy atom. The van der Waals surface area contributed by atoms with Crippen LogP contribution in [-0.2, 0) is 30.3 Å². The lowest BCUT2D eigenvalue weighted by molar-refractivity contribution is -0.133. The Morgan fingerprint density at radius 2 is 1.75 bits per heavy atom. The number of sulfone groups is 1. The van der Waals surface area contributed by atoms with Crippen LogP contribution in [0.5, 0.6) is 0 Å². The second kappa shape index (κ2) is 9.49. The number of hydrogen-bond donors (Lipinski definition) is 1. The van der Waals surface area contributed by atoms with Crippen molar-refractivity contribution < 1.29 is 26.0 Å². The zero-order valence-electron chi connectivity index (χ0n) is 18.8. The van der Waals surface area contributed by atoms with Crippen molar-refractivity contribution in [3.8, 4) is 11.1 Å². The van der Waals surface area contributed by atoms with Gasteiger partial charge in [0.25, 0.3) is 5.91 Å². The van der Waals surface area contributed by atoms with E-state index < -0.39 is 42.0 Å². The third-order valence-corrected chi connectivity index (χ3v) is 9.01. The Hall–Kier alpha value is -2.38. The van der Waals surface area contributed by atoms with Crippen LogP contribution < -0.4 is 10.0 Å². The SMILES string of the molecule is CS(=O)(=O)c1cc(N2CCCC(F)(c3nc(Cl)c(Br)cc3S(N)(=O)=O)C2=O)ccc1-c1ccccc1. The molecule has 1 saturated heterocycles. The summed E-state index contributed by atoms with van der Waals surface area (Å²) in [4.78, 5) is 17.7. The number of halogens is 3. The van der Waals surface area contributed by atoms with Crippen molar-refractivity contribution in [3.05, 3.63) is 69.9 Å². The van der Waals surface area contributed by atoms with E-state index in [1.54, 1.807) is 36.4 Å². The number of hydrogen-bond acceptors (Lipinski definition) is 6. The summed E-state index contributed by atoms with van der Waals surface area (Å²) in [6.07, 6.45) is 0.815. The standard InChI is InChI=1S/C23H20BrClFN3O5S2/c1-35(31,32)18-12-15(8-9-16(18)14-6-3-2-4-7-14)29-11-5-10-23(26,22(29)30)20-19(36(27,33)34)13-17(24)21(25)28-20/h2-4,6-9,12-13H,5,10-11H2,1H3,(H2,27,33,34). The first-order valence-electron chi connectivity index (χ1n) is 10.5. The van der Waals surface area contributed by atoms with E-state index in [1.807, 2.05) is 0 Å². The molecule has 4 rings (SSSR count). The topological polar surface area (TPSA) is 128 Å². The van der Waals surface area contributed by atoms with Gasteiger partial charge in [0.15, 0.2) is 9.84 Å². The lowest BCUT2D eigenvalue weighted by atomic mass is 9.89. The molecule has 1 unspecified atom stereocenters. The highest BCUT2D eigenvalue weighted by atomic mass is 79.9. The van der Waals surface area contributed by atoms with Gasteiger partial charge in [0, 0.05) is 24.1 Å². The fourth-order valence-corrected chi connectivity index (χ4v) is 6.45. The van der Waals surface area contributed by atoms with E-state index in [4.69, 9.17) is 16.7 Å². The van der Waals surface area contributed by atoms with Crippen LogP contribution in [0.3, 0.4) is 0 Å². The number of benzene rings is 2. The monoisotopic (exact) mass is 615 g/mol. The van der Waals surface area contributed by atoms with Gasteiger partial charge in [-0.15, -0.1) is 0 Å². The van der Waals surface area contributed by atoms with Crippen molar-refractivity contribution in [1.29, 1.82) is 0 Å². The maximum absolute atomic E-state index is 16.4. The average molecular weight is 617 g/mol. The van der Waals surface area contributed by atoms with Crippen molar-refractivity contribution in [2.24, 2.45) is 5.14 Å². The summed E-state index contributed by atoms with van der Waals surface area (Å²) in [6.45, 7) is 0.0767. The van der Waals surface area contributed by atoms with Crippen molar-refractivity contribution in [3.63, 3.8) is 0 Å². The van der Waals surface area contributed by atoms with E-state index in [0.717, 1.165) is 17.2 Å². The highest BCUT2D eigenvalue weighted by Crippen LogP contribution is 2.42. The molecule has 1 aliphatic rings. The first-order chi connectivity index (χ1) is 16.7. The summed E-state index contributed by atoms with van der Waals surface area (Å²) < 4.78 is 66.2. The smallest absolute Gasteiger partial charge is 0.271 e. The molecule has 1 fully saturated rings. The molecule has 2 heterocycles. The van der Waals surface area contributed by atoms with Crippen LogP contribution in [0.4, 0.5) is 10.1 Å². The van der Waals surface area contributed by atoms with Gasteiger partial charge in [-0.3, -0.25) is 4.79 Å². The highest BCUT2D eigenvalue weighted by molar-refractivity contribution is 9.10. The van der Waals surface area contributed by atoms with Gasteiger partial charge in [0.1, 0.15) is 15.7 Å². The third-order valence-electron chi connectivity index (χ3n) is 5.83. The average Bonchev–Trinajstić information content (AvgIpc) is 2.81. The van der Waals surface area contributed by atoms with Crippen LogP contribution in [0.25, 0.3) is 11.1 Å². The lowest BCUT2D eigenvalue weighted by Gasteiger charge is -2.37. The minimum atomic E-state index is -4.47. The largest absolute Gasteiger partial charge is 0.309 e. The molecule has 1 amide bonds. The molecule has 2 aromatic carbocycles. The van der Waals surface area contributed by atoms with Crippen molar-refractivity contribution in [2.75, 3.05) is 17.7 Å². The van der Waals surface area contributed by atoms with Crippen LogP contribution in [0.1, 0.15) is 18.5 Å². The van der Waals surface area contributed by atoms with Crippen LogP contribution in [0.2, 0.25) is 5.15 Å². The number of sulfonamides is 1. The number of nitrogens with zero attached hydrogens (tertiary/aromatic N) is 2. The molecule has 2 N–H and O–H groups in total. The maximum atomic E-state index is 16.4. The molecule has 0 bridgehead atoms. The maximum Gasteiger partial charge on any atom is 0.271 e. The molecular formula is C23H20BrClFN3O5S2. The van der Waals surface area contributed by atoms with Crippen molar-refractivity contribution >= 4 is 59.0 Å². The number of amides is 1. The minimum Gasteiger partial charge on any atom is -0.309 e. The molecule has 190 valence electrons. The van der Waals surface area contributed by atoms with Crippen molar-refractivity contribution in [1.82, 2.24) is 4.98 Å². The molecule has 1 aliphatic heterocycles. The van der Waals surface area contributed by atoms with Crippen LogP contribution >= 0.6 is 27.5 Å². The third kappa shape index (κ3) is 4.92. The fourth-order valence-electron chi connectivity index (χ4n) is 4.16. The van der Waals surface area contributed by atoms with Gasteiger partial charge in [0.05, 0.1) is 9.37 Å². The lowest BCUT2D eigenvalue weighted by Crippen LogP contribution is -2.50. The Balaban J connectivity index is 1.85. The normalized spacial score (nSPS) is 18.9. The van der Waals surface area contributed by atoms with Gasteiger partial charge < -0.3 is 4.90 Å². The Kier molecular flexibility index (Phi) is 7.03. The van der Waals surface area contributed by atoms with Crippen LogP contribution in [0, 0.1) is 0 Å². The molecule has 0 aliphatic carbocycles. The van der Waals surface area contributed by atoms with E-state index in [1.165, 1.54) is 12.1 Å². The number of carbonyl (C=O) groups excluding carboxylic acids is 1. The predicted molar refractivity (Wildman–Crippen MR) is 138 cm³/mol. The van der Waals surface area contributed by atoms with Gasteiger partial charge >= 0.3 is 0 Å². The molecule has 0 radical (unpaired) electrons. The zero-order chi connectivity index (χ0) is 26.5. The van der Waals surface area contributed by atoms with E-state index >= 15 is 4.39 Å². The summed E-state index contributed by atoms with van der Waals surface area (Å²) in [5, 5.41) is 5.04. The number of anilines is 1. The Labute approximate surface area is 221 Å². The van der Waals surface area contributed by atoms with E-state index in [-0.39, 0.29) is 39.6 Å². The number of alkyl halides is 1. The number of nitrogens with two attached hydrogens (primary N) is 1. The van der Waals surface area contributed by atoms with Crippen LogP contribution in [0.15, 0.2) is 68.9 Å². The summed E-state index contributed by atoms with van der Waals surface area (Å²) in [6, 6.07) is 14.2. The molecule has 0 saturated carbocycles. The van der Waals surface area contributed by atoms with Crippen molar-refractivity contribution in [2.45, 2.75) is 28.3 Å². The van der Waals surface area contributed by atoms with Crippen LogP contribution in [-0.4, -0.2) is 40.5 Å². The molecule has 3 aromatic rings. The summed E-state index contributed by atoms with van der Waals surface area (Å²) in [5.41, 5.74) is -2.36. The van der Waals surface area contributed by atoms with Gasteiger partial charge in [-0.05, 0) is 52.5 Å². The number of primary sulfonamides is 1. The van der Waals surface area contributed by atoms with E-state index in [0.29, 0.717) is 11.1 Å². The zero-order valence-corrected chi connectivity index (χ0v) is 22.8. The van der Waals surface area contributed by atoms with E-state index in [2.05, 4.69) is 20.9 Å². The van der Waals surface area contributed by atoms with E-state index in [9.17, 15) is 21.6 Å². The highest BCUT2D eigenvalue weighted by Gasteiger charge is 2.50. The molecule has 1 atom stereocenters. The predicted octanol–water partition coefficient (Wildman–Crippen LogP) is 4.21. The summed E-state index contributed by atoms with van der Waals surface area (Å²) in [7, 11) is -8.21. The number of pyridine rings is 1. The van der Waals surface area contributed by atoms with Gasteiger partial charge in [-0.25, -0.2) is 31.3 Å². The van der Waals surface area contributed by atoms with Gasteiger partial charge in [-0.1, -0.05) is 48.0 Å². The Bertz CT molecular complexity index is 1590. The second-order valence-electron chi connectivity index (χ2n) is 8.33. The number of piperidine rings is 1.